The summed E-state index contributed by atoms with van der Waals surface area (Å²) in [5, 5.41) is 9.09. The van der Waals surface area contributed by atoms with E-state index < -0.39 is 11.9 Å². The van der Waals surface area contributed by atoms with Gasteiger partial charge in [0.2, 0.25) is 5.91 Å². The van der Waals surface area contributed by atoms with Gasteiger partial charge in [0.25, 0.3) is 0 Å². The molecule has 4 heteroatoms. The molecule has 0 aromatic heterocycles. The van der Waals surface area contributed by atoms with Gasteiger partial charge >= 0.3 is 5.97 Å². The second-order valence-electron chi connectivity index (χ2n) is 8.19. The zero-order chi connectivity index (χ0) is 21.7. The Bertz CT molecular complexity index is 430. The molecule has 0 aliphatic carbocycles. The van der Waals surface area contributed by atoms with Crippen molar-refractivity contribution in [3.8, 4) is 0 Å². The van der Waals surface area contributed by atoms with Crippen molar-refractivity contribution in [2.75, 3.05) is 13.1 Å². The number of carboxylic acids is 1. The Balaban J connectivity index is 3.78. The van der Waals surface area contributed by atoms with E-state index in [4.69, 9.17) is 5.11 Å². The van der Waals surface area contributed by atoms with Crippen molar-refractivity contribution in [2.24, 2.45) is 5.92 Å². The summed E-state index contributed by atoms with van der Waals surface area (Å²) in [6.45, 7) is 7.40. The topological polar surface area (TPSA) is 57.6 Å². The SMILES string of the molecule is CCCCCCCCCCCCCC/C=C/CC(CC(=O)O)C(=O)N(CC)CC. The van der Waals surface area contributed by atoms with Crippen LogP contribution in [0.3, 0.4) is 0 Å². The predicted octanol–water partition coefficient (Wildman–Crippen LogP) is 6.98. The van der Waals surface area contributed by atoms with Crippen molar-refractivity contribution in [3.05, 3.63) is 12.2 Å². The highest BCUT2D eigenvalue weighted by molar-refractivity contribution is 5.83. The third-order valence-corrected chi connectivity index (χ3v) is 5.66. The normalized spacial score (nSPS) is 12.4. The van der Waals surface area contributed by atoms with Crippen LogP contribution in [-0.4, -0.2) is 35.0 Å². The van der Waals surface area contributed by atoms with E-state index >= 15 is 0 Å². The zero-order valence-corrected chi connectivity index (χ0v) is 19.5. The smallest absolute Gasteiger partial charge is 0.304 e. The molecule has 0 rings (SSSR count). The van der Waals surface area contributed by atoms with E-state index in [0.717, 1.165) is 6.42 Å². The van der Waals surface area contributed by atoms with Crippen LogP contribution in [0.4, 0.5) is 0 Å². The number of rotatable bonds is 20. The number of unbranched alkanes of at least 4 members (excludes halogenated alkanes) is 12. The van der Waals surface area contributed by atoms with E-state index in [1.165, 1.54) is 77.0 Å². The molecule has 29 heavy (non-hydrogen) atoms. The summed E-state index contributed by atoms with van der Waals surface area (Å²) < 4.78 is 0. The molecule has 0 aromatic carbocycles. The van der Waals surface area contributed by atoms with Crippen LogP contribution in [0, 0.1) is 5.92 Å². The standard InChI is InChI=1S/C25H47NO3/c1-4-7-8-9-10-11-12-13-14-15-16-17-18-19-20-21-23(22-24(27)28)25(29)26(5-2)6-3/h19-20,23H,4-18,21-22H2,1-3H3,(H,27,28)/b20-19+. The van der Waals surface area contributed by atoms with Crippen molar-refractivity contribution in [3.63, 3.8) is 0 Å². The molecule has 0 radical (unpaired) electrons. The number of carbonyl (C=O) groups excluding carboxylic acids is 1. The van der Waals surface area contributed by atoms with E-state index in [0.29, 0.717) is 19.5 Å². The van der Waals surface area contributed by atoms with E-state index in [9.17, 15) is 9.59 Å². The van der Waals surface area contributed by atoms with Crippen LogP contribution in [0.1, 0.15) is 117 Å². The maximum Gasteiger partial charge on any atom is 0.304 e. The third-order valence-electron chi connectivity index (χ3n) is 5.66. The summed E-state index contributed by atoms with van der Waals surface area (Å²) in [6.07, 6.45) is 21.8. The summed E-state index contributed by atoms with van der Waals surface area (Å²) >= 11 is 0. The average Bonchev–Trinajstić information content (AvgIpc) is 2.70. The van der Waals surface area contributed by atoms with Gasteiger partial charge in [0.15, 0.2) is 0 Å². The van der Waals surface area contributed by atoms with Crippen LogP contribution in [0.15, 0.2) is 12.2 Å². The minimum atomic E-state index is -0.898. The van der Waals surface area contributed by atoms with Gasteiger partial charge in [-0.25, -0.2) is 0 Å². The van der Waals surface area contributed by atoms with Crippen LogP contribution in [0.25, 0.3) is 0 Å². The first-order chi connectivity index (χ1) is 14.1. The Morgan fingerprint density at radius 3 is 1.69 bits per heavy atom. The number of amides is 1. The second-order valence-corrected chi connectivity index (χ2v) is 8.19. The van der Waals surface area contributed by atoms with Crippen molar-refractivity contribution >= 4 is 11.9 Å². The monoisotopic (exact) mass is 409 g/mol. The Kier molecular flexibility index (Phi) is 19.1. The molecule has 0 fully saturated rings. The number of carbonyl (C=O) groups is 2. The molecule has 1 unspecified atom stereocenters. The molecule has 1 amide bonds. The fraction of sp³-hybridized carbons (Fsp3) is 0.840. The molecule has 0 saturated carbocycles. The number of aliphatic carboxylic acids is 1. The number of carboxylic acid groups (broad SMARTS) is 1. The van der Waals surface area contributed by atoms with Crippen molar-refractivity contribution < 1.29 is 14.7 Å². The second kappa shape index (κ2) is 20.0. The highest BCUT2D eigenvalue weighted by Gasteiger charge is 2.23. The van der Waals surface area contributed by atoms with E-state index in [1.807, 2.05) is 19.9 Å². The molecule has 1 N–H and O–H groups in total. The van der Waals surface area contributed by atoms with Gasteiger partial charge in [-0.1, -0.05) is 89.7 Å². The van der Waals surface area contributed by atoms with Gasteiger partial charge in [0.05, 0.1) is 12.3 Å². The summed E-state index contributed by atoms with van der Waals surface area (Å²) in [7, 11) is 0. The van der Waals surface area contributed by atoms with Crippen LogP contribution < -0.4 is 0 Å². The summed E-state index contributed by atoms with van der Waals surface area (Å²) in [4.78, 5) is 25.3. The molecule has 0 heterocycles. The quantitative estimate of drug-likeness (QED) is 0.174. The van der Waals surface area contributed by atoms with E-state index in [-0.39, 0.29) is 12.3 Å². The molecule has 0 aliphatic heterocycles. The molecule has 170 valence electrons. The predicted molar refractivity (Wildman–Crippen MR) is 123 cm³/mol. The lowest BCUT2D eigenvalue weighted by molar-refractivity contribution is -0.144. The molecular formula is C25H47NO3. The Hall–Kier alpha value is -1.32. The van der Waals surface area contributed by atoms with Gasteiger partial charge in [-0.05, 0) is 33.1 Å². The van der Waals surface area contributed by atoms with Crippen LogP contribution >= 0.6 is 0 Å². The number of hydrogen-bond donors (Lipinski definition) is 1. The van der Waals surface area contributed by atoms with Crippen molar-refractivity contribution in [2.45, 2.75) is 117 Å². The highest BCUT2D eigenvalue weighted by atomic mass is 16.4. The molecule has 0 spiro atoms. The fourth-order valence-corrected chi connectivity index (χ4v) is 3.76. The first-order valence-electron chi connectivity index (χ1n) is 12.2. The molecule has 1 atom stereocenters. The highest BCUT2D eigenvalue weighted by Crippen LogP contribution is 2.15. The van der Waals surface area contributed by atoms with Crippen molar-refractivity contribution in [1.29, 1.82) is 0 Å². The first kappa shape index (κ1) is 27.7. The minimum absolute atomic E-state index is 0.0348. The third kappa shape index (κ3) is 16.2. The Labute approximate surface area is 180 Å². The number of hydrogen-bond acceptors (Lipinski definition) is 2. The summed E-state index contributed by atoms with van der Waals surface area (Å²) in [6, 6.07) is 0. The van der Waals surface area contributed by atoms with E-state index in [1.54, 1.807) is 4.90 Å². The van der Waals surface area contributed by atoms with Crippen LogP contribution in [-0.2, 0) is 9.59 Å². The minimum Gasteiger partial charge on any atom is -0.481 e. The van der Waals surface area contributed by atoms with Crippen LogP contribution in [0.2, 0.25) is 0 Å². The maximum atomic E-state index is 12.4. The molecule has 0 aliphatic rings. The molecule has 0 bridgehead atoms. The Morgan fingerprint density at radius 1 is 0.759 bits per heavy atom. The molecule has 4 nitrogen and oxygen atoms in total. The lowest BCUT2D eigenvalue weighted by atomic mass is 9.98. The average molecular weight is 410 g/mol. The first-order valence-corrected chi connectivity index (χ1v) is 12.2. The molecule has 0 saturated heterocycles. The van der Waals surface area contributed by atoms with Gasteiger partial charge < -0.3 is 10.0 Å². The van der Waals surface area contributed by atoms with Gasteiger partial charge in [-0.15, -0.1) is 0 Å². The number of allylic oxidation sites excluding steroid dienone is 2. The lowest BCUT2D eigenvalue weighted by Gasteiger charge is -2.23. The number of nitrogens with zero attached hydrogens (tertiary/aromatic N) is 1. The van der Waals surface area contributed by atoms with Gasteiger partial charge in [-0.3, -0.25) is 9.59 Å². The fourth-order valence-electron chi connectivity index (χ4n) is 3.76. The van der Waals surface area contributed by atoms with Gasteiger partial charge in [-0.2, -0.15) is 0 Å². The summed E-state index contributed by atoms with van der Waals surface area (Å²) in [5.74, 6) is -1.37. The van der Waals surface area contributed by atoms with Gasteiger partial charge in [0, 0.05) is 13.1 Å². The van der Waals surface area contributed by atoms with E-state index in [2.05, 4.69) is 13.0 Å². The summed E-state index contributed by atoms with van der Waals surface area (Å²) in [5.41, 5.74) is 0. The molecular weight excluding hydrogens is 362 g/mol. The Morgan fingerprint density at radius 2 is 1.24 bits per heavy atom. The lowest BCUT2D eigenvalue weighted by Crippen LogP contribution is -2.36. The van der Waals surface area contributed by atoms with Gasteiger partial charge in [0.1, 0.15) is 0 Å². The van der Waals surface area contributed by atoms with Crippen molar-refractivity contribution in [1.82, 2.24) is 4.90 Å². The largest absolute Gasteiger partial charge is 0.481 e. The van der Waals surface area contributed by atoms with Crippen LogP contribution in [0.5, 0.6) is 0 Å². The molecule has 0 aromatic rings. The maximum absolute atomic E-state index is 12.4. The zero-order valence-electron chi connectivity index (χ0n) is 19.5.